The predicted molar refractivity (Wildman–Crippen MR) is 48.6 cm³/mol. The van der Waals surface area contributed by atoms with Gasteiger partial charge in [0.05, 0.1) is 5.60 Å². The van der Waals surface area contributed by atoms with E-state index in [0.717, 1.165) is 12.8 Å². The first-order valence-corrected chi connectivity index (χ1v) is 4.50. The Kier molecular flexibility index (Phi) is 5.51. The summed E-state index contributed by atoms with van der Waals surface area (Å²) in [6.45, 7) is 4.96. The predicted octanol–water partition coefficient (Wildman–Crippen LogP) is 1.93. The van der Waals surface area contributed by atoms with Crippen molar-refractivity contribution >= 4 is 0 Å². The molecule has 0 aromatic rings. The second kappa shape index (κ2) is 5.56. The van der Waals surface area contributed by atoms with Gasteiger partial charge in [-0.1, -0.05) is 26.7 Å². The van der Waals surface area contributed by atoms with Gasteiger partial charge in [0.15, 0.2) is 0 Å². The van der Waals surface area contributed by atoms with Gasteiger partial charge in [-0.15, -0.1) is 0 Å². The molecule has 0 bridgehead atoms. The van der Waals surface area contributed by atoms with Crippen molar-refractivity contribution < 1.29 is 4.74 Å². The Bertz CT molecular complexity index is 81.3. The number of ether oxygens (including phenoxy) is 1. The first kappa shape index (κ1) is 10.9. The number of unbranched alkanes of at least 4 members (excludes halogenated alkanes) is 1. The van der Waals surface area contributed by atoms with Crippen LogP contribution in [0.15, 0.2) is 0 Å². The zero-order valence-corrected chi connectivity index (χ0v) is 8.02. The molecule has 0 aliphatic rings. The minimum absolute atomic E-state index is 0.0456. The molecule has 68 valence electrons. The summed E-state index contributed by atoms with van der Waals surface area (Å²) in [5.41, 5.74) is 5.60. The number of hydrogen-bond donors (Lipinski definition) is 1. The van der Waals surface area contributed by atoms with Crippen LogP contribution in [-0.4, -0.2) is 19.3 Å². The van der Waals surface area contributed by atoms with Crippen molar-refractivity contribution in [1.29, 1.82) is 0 Å². The van der Waals surface area contributed by atoms with E-state index < -0.39 is 0 Å². The van der Waals surface area contributed by atoms with E-state index in [9.17, 15) is 0 Å². The van der Waals surface area contributed by atoms with E-state index in [-0.39, 0.29) is 5.60 Å². The van der Waals surface area contributed by atoms with Crippen LogP contribution in [0.3, 0.4) is 0 Å². The van der Waals surface area contributed by atoms with E-state index in [0.29, 0.717) is 6.54 Å². The van der Waals surface area contributed by atoms with Gasteiger partial charge in [0, 0.05) is 13.7 Å². The Morgan fingerprint density at radius 2 is 2.00 bits per heavy atom. The fraction of sp³-hybridized carbons (Fsp3) is 1.00. The van der Waals surface area contributed by atoms with Gasteiger partial charge in [-0.05, 0) is 12.8 Å². The lowest BCUT2D eigenvalue weighted by Crippen LogP contribution is -2.39. The molecule has 0 aliphatic carbocycles. The second-order valence-electron chi connectivity index (χ2n) is 3.05. The van der Waals surface area contributed by atoms with Crippen LogP contribution < -0.4 is 5.73 Å². The summed E-state index contributed by atoms with van der Waals surface area (Å²) in [5.74, 6) is 0. The zero-order valence-electron chi connectivity index (χ0n) is 8.02. The summed E-state index contributed by atoms with van der Waals surface area (Å²) in [6, 6.07) is 0. The van der Waals surface area contributed by atoms with Gasteiger partial charge in [-0.3, -0.25) is 0 Å². The largest absolute Gasteiger partial charge is 0.377 e. The molecule has 0 aliphatic heterocycles. The molecular weight excluding hydrogens is 138 g/mol. The highest BCUT2D eigenvalue weighted by Gasteiger charge is 2.24. The topological polar surface area (TPSA) is 35.2 Å². The lowest BCUT2D eigenvalue weighted by Gasteiger charge is -2.29. The lowest BCUT2D eigenvalue weighted by atomic mass is 9.94. The van der Waals surface area contributed by atoms with E-state index in [4.69, 9.17) is 10.5 Å². The molecule has 2 N–H and O–H groups in total. The molecule has 0 aromatic carbocycles. The highest BCUT2D eigenvalue weighted by Crippen LogP contribution is 2.20. The van der Waals surface area contributed by atoms with Gasteiger partial charge in [0.2, 0.25) is 0 Å². The van der Waals surface area contributed by atoms with E-state index in [1.165, 1.54) is 12.8 Å². The minimum Gasteiger partial charge on any atom is -0.377 e. The maximum atomic E-state index is 5.64. The average molecular weight is 159 g/mol. The maximum Gasteiger partial charge on any atom is 0.0797 e. The molecule has 2 heteroatoms. The molecule has 0 spiro atoms. The molecule has 0 fully saturated rings. The second-order valence-corrected chi connectivity index (χ2v) is 3.05. The Morgan fingerprint density at radius 3 is 2.27 bits per heavy atom. The molecule has 0 amide bonds. The maximum absolute atomic E-state index is 5.64. The van der Waals surface area contributed by atoms with E-state index >= 15 is 0 Å². The third-order valence-corrected chi connectivity index (χ3v) is 2.44. The van der Waals surface area contributed by atoms with Crippen LogP contribution in [0, 0.1) is 0 Å². The minimum atomic E-state index is -0.0456. The summed E-state index contributed by atoms with van der Waals surface area (Å²) < 4.78 is 5.41. The normalized spacial score (nSPS) is 16.4. The monoisotopic (exact) mass is 159 g/mol. The summed E-state index contributed by atoms with van der Waals surface area (Å²) in [4.78, 5) is 0. The molecule has 0 heterocycles. The van der Waals surface area contributed by atoms with Crippen molar-refractivity contribution in [2.45, 2.75) is 45.1 Å². The van der Waals surface area contributed by atoms with Gasteiger partial charge < -0.3 is 10.5 Å². The van der Waals surface area contributed by atoms with Crippen LogP contribution in [0.1, 0.15) is 39.5 Å². The van der Waals surface area contributed by atoms with Gasteiger partial charge in [0.25, 0.3) is 0 Å². The van der Waals surface area contributed by atoms with Gasteiger partial charge >= 0.3 is 0 Å². The standard InChI is InChI=1S/C9H21NO/c1-4-6-7-9(5-2,8-10)11-3/h4-8,10H2,1-3H3/t9-/m1/s1. The molecule has 11 heavy (non-hydrogen) atoms. The highest BCUT2D eigenvalue weighted by atomic mass is 16.5. The van der Waals surface area contributed by atoms with Crippen LogP contribution in [-0.2, 0) is 4.74 Å². The lowest BCUT2D eigenvalue weighted by molar-refractivity contribution is -0.0143. The highest BCUT2D eigenvalue weighted by molar-refractivity contribution is 4.79. The van der Waals surface area contributed by atoms with E-state index in [2.05, 4.69) is 13.8 Å². The summed E-state index contributed by atoms with van der Waals surface area (Å²) >= 11 is 0. The van der Waals surface area contributed by atoms with Crippen LogP contribution in [0.25, 0.3) is 0 Å². The van der Waals surface area contributed by atoms with Crippen LogP contribution in [0.4, 0.5) is 0 Å². The zero-order chi connectivity index (χ0) is 8.74. The van der Waals surface area contributed by atoms with Crippen LogP contribution >= 0.6 is 0 Å². The van der Waals surface area contributed by atoms with Gasteiger partial charge in [-0.25, -0.2) is 0 Å². The third-order valence-electron chi connectivity index (χ3n) is 2.44. The van der Waals surface area contributed by atoms with Crippen molar-refractivity contribution in [3.8, 4) is 0 Å². The van der Waals surface area contributed by atoms with Crippen molar-refractivity contribution in [3.63, 3.8) is 0 Å². The van der Waals surface area contributed by atoms with Crippen molar-refractivity contribution in [1.82, 2.24) is 0 Å². The third kappa shape index (κ3) is 3.21. The van der Waals surface area contributed by atoms with Crippen LogP contribution in [0.5, 0.6) is 0 Å². The first-order chi connectivity index (χ1) is 5.24. The smallest absolute Gasteiger partial charge is 0.0797 e. The molecule has 0 rings (SSSR count). The van der Waals surface area contributed by atoms with Crippen molar-refractivity contribution in [2.24, 2.45) is 5.73 Å². The molecular formula is C9H21NO. The van der Waals surface area contributed by atoms with Gasteiger partial charge in [-0.2, -0.15) is 0 Å². The fourth-order valence-corrected chi connectivity index (χ4v) is 1.25. The van der Waals surface area contributed by atoms with Crippen LogP contribution in [0.2, 0.25) is 0 Å². The van der Waals surface area contributed by atoms with Crippen molar-refractivity contribution in [3.05, 3.63) is 0 Å². The quantitative estimate of drug-likeness (QED) is 0.642. The summed E-state index contributed by atoms with van der Waals surface area (Å²) in [5, 5.41) is 0. The SMILES string of the molecule is CCCC[C@](CC)(CN)OC. The van der Waals surface area contributed by atoms with Gasteiger partial charge in [0.1, 0.15) is 0 Å². The molecule has 0 radical (unpaired) electrons. The Hall–Kier alpha value is -0.0800. The van der Waals surface area contributed by atoms with E-state index in [1.807, 2.05) is 0 Å². The van der Waals surface area contributed by atoms with E-state index in [1.54, 1.807) is 7.11 Å². The number of rotatable bonds is 6. The van der Waals surface area contributed by atoms with Crippen molar-refractivity contribution in [2.75, 3.05) is 13.7 Å². The molecule has 0 saturated carbocycles. The average Bonchev–Trinajstić information content (AvgIpc) is 2.08. The number of methoxy groups -OCH3 is 1. The molecule has 0 saturated heterocycles. The molecule has 0 aromatic heterocycles. The number of hydrogen-bond acceptors (Lipinski definition) is 2. The fourth-order valence-electron chi connectivity index (χ4n) is 1.25. The summed E-state index contributed by atoms with van der Waals surface area (Å²) in [7, 11) is 1.76. The Balaban J connectivity index is 3.84. The number of nitrogens with two attached hydrogens (primary N) is 1. The Labute approximate surface area is 70.1 Å². The Morgan fingerprint density at radius 1 is 1.36 bits per heavy atom. The molecule has 1 atom stereocenters. The summed E-state index contributed by atoms with van der Waals surface area (Å²) in [6.07, 6.45) is 4.52. The molecule has 2 nitrogen and oxygen atoms in total. The first-order valence-electron chi connectivity index (χ1n) is 4.50. The molecule has 0 unspecified atom stereocenters.